The van der Waals surface area contributed by atoms with Gasteiger partial charge in [-0.25, -0.2) is 0 Å². The molecule has 4 rings (SSSR count). The van der Waals surface area contributed by atoms with E-state index >= 15 is 0 Å². The molecule has 24 heavy (non-hydrogen) atoms. The van der Waals surface area contributed by atoms with E-state index in [9.17, 15) is 4.79 Å². The minimum absolute atomic E-state index is 0.101. The van der Waals surface area contributed by atoms with Crippen LogP contribution in [0.25, 0.3) is 0 Å². The summed E-state index contributed by atoms with van der Waals surface area (Å²) in [4.78, 5) is 11.2. The zero-order chi connectivity index (χ0) is 16.7. The van der Waals surface area contributed by atoms with Crippen LogP contribution in [0.4, 0.5) is 11.4 Å². The van der Waals surface area contributed by atoms with Crippen LogP contribution in [0.5, 0.6) is 5.75 Å². The van der Waals surface area contributed by atoms with Crippen LogP contribution in [0.3, 0.4) is 0 Å². The van der Waals surface area contributed by atoms with Gasteiger partial charge in [-0.15, -0.1) is 0 Å². The van der Waals surface area contributed by atoms with Crippen molar-refractivity contribution in [3.63, 3.8) is 0 Å². The molecular weight excluding hydrogens is 326 g/mol. The van der Waals surface area contributed by atoms with Crippen molar-refractivity contribution in [3.05, 3.63) is 53.1 Å². The molecule has 2 aliphatic heterocycles. The number of benzene rings is 2. The maximum Gasteiger partial charge on any atom is 0.221 e. The van der Waals surface area contributed by atoms with E-state index < -0.39 is 0 Å². The molecule has 0 saturated carbocycles. The maximum atomic E-state index is 11.2. The Hall–Kier alpha value is -2.53. The lowest BCUT2D eigenvalue weighted by molar-refractivity contribution is -0.114. The highest BCUT2D eigenvalue weighted by molar-refractivity contribution is 6.30. The number of hydrazone groups is 1. The molecule has 0 aromatic heterocycles. The van der Waals surface area contributed by atoms with Gasteiger partial charge in [0.2, 0.25) is 5.91 Å². The molecule has 1 amide bonds. The van der Waals surface area contributed by atoms with E-state index in [4.69, 9.17) is 21.4 Å². The fourth-order valence-corrected chi connectivity index (χ4v) is 3.18. The first kappa shape index (κ1) is 15.0. The minimum Gasteiger partial charge on any atom is -0.492 e. The van der Waals surface area contributed by atoms with Gasteiger partial charge in [-0.2, -0.15) is 5.10 Å². The van der Waals surface area contributed by atoms with Gasteiger partial charge in [0.15, 0.2) is 0 Å². The monoisotopic (exact) mass is 341 g/mol. The third-order valence-corrected chi connectivity index (χ3v) is 4.40. The van der Waals surface area contributed by atoms with Gasteiger partial charge < -0.3 is 10.1 Å². The second-order valence-electron chi connectivity index (χ2n) is 5.94. The highest BCUT2D eigenvalue weighted by atomic mass is 35.5. The van der Waals surface area contributed by atoms with Gasteiger partial charge in [0.1, 0.15) is 5.75 Å². The minimum atomic E-state index is -0.101. The Kier molecular flexibility index (Phi) is 3.65. The van der Waals surface area contributed by atoms with Crippen LogP contribution in [0.2, 0.25) is 5.02 Å². The first-order valence-corrected chi connectivity index (χ1v) is 8.14. The second kappa shape index (κ2) is 5.83. The summed E-state index contributed by atoms with van der Waals surface area (Å²) in [7, 11) is 0. The molecule has 2 aromatic rings. The van der Waals surface area contributed by atoms with Crippen LogP contribution in [-0.2, 0) is 4.79 Å². The van der Waals surface area contributed by atoms with Crippen molar-refractivity contribution in [1.82, 2.24) is 0 Å². The van der Waals surface area contributed by atoms with Gasteiger partial charge in [0, 0.05) is 29.3 Å². The Morgan fingerprint density at radius 1 is 1.29 bits per heavy atom. The van der Waals surface area contributed by atoms with Crippen molar-refractivity contribution in [3.8, 4) is 5.75 Å². The van der Waals surface area contributed by atoms with Gasteiger partial charge in [-0.05, 0) is 36.4 Å². The van der Waals surface area contributed by atoms with Crippen molar-refractivity contribution in [2.75, 3.05) is 23.5 Å². The molecule has 6 heteroatoms. The number of hydrogen-bond acceptors (Lipinski definition) is 4. The zero-order valence-corrected chi connectivity index (χ0v) is 13.9. The van der Waals surface area contributed by atoms with Crippen molar-refractivity contribution >= 4 is 34.6 Å². The normalized spacial score (nSPS) is 18.3. The molecule has 0 spiro atoms. The van der Waals surface area contributed by atoms with Gasteiger partial charge in [0.05, 0.1) is 30.5 Å². The number of ether oxygens (including phenoxy) is 1. The molecule has 122 valence electrons. The molecule has 1 unspecified atom stereocenters. The number of fused-ring (bicyclic) bond motifs is 3. The van der Waals surface area contributed by atoms with E-state index in [0.717, 1.165) is 34.9 Å². The Bertz CT molecular complexity index is 833. The average molecular weight is 342 g/mol. The lowest BCUT2D eigenvalue weighted by atomic mass is 9.95. The molecule has 0 radical (unpaired) electrons. The van der Waals surface area contributed by atoms with Crippen LogP contribution in [-0.4, -0.2) is 24.8 Å². The molecular formula is C18H16ClN3O2. The number of hydrogen-bond donors (Lipinski definition) is 1. The standard InChI is InChI=1S/C18H16ClN3O2/c1-11(23)20-14-4-7-16-17(8-14)24-10-12-9-22(21-18(12)16)15-5-2-13(19)3-6-15/h2-8,12H,9-10H2,1H3,(H,20,23). The smallest absolute Gasteiger partial charge is 0.221 e. The number of nitrogens with zero attached hydrogens (tertiary/aromatic N) is 2. The van der Waals surface area contributed by atoms with Crippen LogP contribution in [0, 0.1) is 5.92 Å². The van der Waals surface area contributed by atoms with Gasteiger partial charge >= 0.3 is 0 Å². The summed E-state index contributed by atoms with van der Waals surface area (Å²) in [5.74, 6) is 0.893. The van der Waals surface area contributed by atoms with Crippen LogP contribution in [0.15, 0.2) is 47.6 Å². The summed E-state index contributed by atoms with van der Waals surface area (Å²) in [5.41, 5.74) is 3.75. The number of nitrogens with one attached hydrogen (secondary N) is 1. The second-order valence-corrected chi connectivity index (χ2v) is 6.38. The molecule has 0 fully saturated rings. The zero-order valence-electron chi connectivity index (χ0n) is 13.1. The molecule has 1 N–H and O–H groups in total. The predicted octanol–water partition coefficient (Wildman–Crippen LogP) is 3.53. The number of halogens is 1. The number of carbonyl (C=O) groups excluding carboxylic acids is 1. The first-order valence-electron chi connectivity index (χ1n) is 7.76. The quantitative estimate of drug-likeness (QED) is 0.909. The van der Waals surface area contributed by atoms with Gasteiger partial charge in [0.25, 0.3) is 0 Å². The van der Waals surface area contributed by atoms with Crippen LogP contribution in [0.1, 0.15) is 12.5 Å². The maximum absolute atomic E-state index is 11.2. The Morgan fingerprint density at radius 3 is 2.83 bits per heavy atom. The fraction of sp³-hybridized carbons (Fsp3) is 0.222. The summed E-state index contributed by atoms with van der Waals surface area (Å²) < 4.78 is 5.88. The van der Waals surface area contributed by atoms with Gasteiger partial charge in [-0.3, -0.25) is 9.80 Å². The van der Waals surface area contributed by atoms with E-state index in [0.29, 0.717) is 11.6 Å². The summed E-state index contributed by atoms with van der Waals surface area (Å²) >= 11 is 5.95. The number of rotatable bonds is 2. The molecule has 2 heterocycles. The largest absolute Gasteiger partial charge is 0.492 e. The average Bonchev–Trinajstić information content (AvgIpc) is 2.99. The number of amides is 1. The molecule has 2 aromatic carbocycles. The highest BCUT2D eigenvalue weighted by Gasteiger charge is 2.34. The first-order chi connectivity index (χ1) is 11.6. The van der Waals surface area contributed by atoms with E-state index in [-0.39, 0.29) is 11.8 Å². The van der Waals surface area contributed by atoms with Crippen molar-refractivity contribution in [1.29, 1.82) is 0 Å². The van der Waals surface area contributed by atoms with Crippen molar-refractivity contribution in [2.24, 2.45) is 11.0 Å². The third-order valence-electron chi connectivity index (χ3n) is 4.15. The Balaban J connectivity index is 1.65. The summed E-state index contributed by atoms with van der Waals surface area (Å²) in [6, 6.07) is 13.3. The highest BCUT2D eigenvalue weighted by Crippen LogP contribution is 2.35. The Morgan fingerprint density at radius 2 is 2.08 bits per heavy atom. The van der Waals surface area contributed by atoms with Crippen LogP contribution >= 0.6 is 11.6 Å². The summed E-state index contributed by atoms with van der Waals surface area (Å²) in [6.07, 6.45) is 0. The molecule has 0 aliphatic carbocycles. The fourth-order valence-electron chi connectivity index (χ4n) is 3.05. The molecule has 5 nitrogen and oxygen atoms in total. The lowest BCUT2D eigenvalue weighted by Crippen LogP contribution is -2.29. The van der Waals surface area contributed by atoms with E-state index in [1.165, 1.54) is 6.92 Å². The Labute approximate surface area is 144 Å². The van der Waals surface area contributed by atoms with E-state index in [2.05, 4.69) is 5.32 Å². The number of anilines is 2. The molecule has 1 atom stereocenters. The van der Waals surface area contributed by atoms with Crippen molar-refractivity contribution < 1.29 is 9.53 Å². The van der Waals surface area contributed by atoms with E-state index in [1.54, 1.807) is 0 Å². The lowest BCUT2D eigenvalue weighted by Gasteiger charge is -2.23. The van der Waals surface area contributed by atoms with Crippen molar-refractivity contribution in [2.45, 2.75) is 6.92 Å². The predicted molar refractivity (Wildman–Crippen MR) is 95.1 cm³/mol. The molecule has 0 bridgehead atoms. The summed E-state index contributed by atoms with van der Waals surface area (Å²) in [5, 5.41) is 10.2. The van der Waals surface area contributed by atoms with E-state index in [1.807, 2.05) is 47.5 Å². The summed E-state index contributed by atoms with van der Waals surface area (Å²) in [6.45, 7) is 2.85. The van der Waals surface area contributed by atoms with Crippen LogP contribution < -0.4 is 15.1 Å². The molecule has 2 aliphatic rings. The topological polar surface area (TPSA) is 53.9 Å². The van der Waals surface area contributed by atoms with Gasteiger partial charge in [-0.1, -0.05) is 11.6 Å². The third kappa shape index (κ3) is 2.71. The number of carbonyl (C=O) groups is 1. The SMILES string of the molecule is CC(=O)Nc1ccc2c(c1)OCC1CN(c3ccc(Cl)cc3)N=C21. The molecule has 0 saturated heterocycles.